The zero-order valence-electron chi connectivity index (χ0n) is 15.4. The fourth-order valence-corrected chi connectivity index (χ4v) is 3.56. The van der Waals surface area contributed by atoms with E-state index >= 15 is 0 Å². The molecule has 5 heteroatoms. The van der Waals surface area contributed by atoms with Crippen molar-refractivity contribution in [3.8, 4) is 37.0 Å². The number of allylic oxidation sites excluding steroid dienone is 1. The second kappa shape index (κ2) is 8.76. The smallest absolute Gasteiger partial charge is 0.273 e. The standard InChI is InChI=1S/C23H20N2O3/c1-5-12-19(18-13-10-9-11-14-18)23(15-6-2)20(26)24(16-7-3)22(28)25(17-8-4)21(23)27/h2-5,9-11,13-14,19H,1,12,15-17H2/t19-/m1/s1. The van der Waals surface area contributed by atoms with Crippen molar-refractivity contribution in [1.29, 1.82) is 0 Å². The van der Waals surface area contributed by atoms with Crippen molar-refractivity contribution in [1.82, 2.24) is 9.80 Å². The van der Waals surface area contributed by atoms with Crippen LogP contribution in [0.25, 0.3) is 0 Å². The fourth-order valence-electron chi connectivity index (χ4n) is 3.56. The number of carbonyl (C=O) groups excluding carboxylic acids is 3. The van der Waals surface area contributed by atoms with Gasteiger partial charge in [0, 0.05) is 12.3 Å². The van der Waals surface area contributed by atoms with Crippen LogP contribution in [0.2, 0.25) is 0 Å². The minimum Gasteiger partial charge on any atom is -0.273 e. The van der Waals surface area contributed by atoms with Crippen molar-refractivity contribution < 1.29 is 14.4 Å². The lowest BCUT2D eigenvalue weighted by Crippen LogP contribution is -2.66. The summed E-state index contributed by atoms with van der Waals surface area (Å²) in [6, 6.07) is 8.21. The van der Waals surface area contributed by atoms with Crippen LogP contribution in [0.15, 0.2) is 43.0 Å². The lowest BCUT2D eigenvalue weighted by Gasteiger charge is -2.46. The van der Waals surface area contributed by atoms with E-state index in [-0.39, 0.29) is 19.5 Å². The predicted octanol–water partition coefficient (Wildman–Crippen LogP) is 2.41. The Labute approximate surface area is 165 Å². The summed E-state index contributed by atoms with van der Waals surface area (Å²) < 4.78 is 0. The lowest BCUT2D eigenvalue weighted by molar-refractivity contribution is -0.159. The van der Waals surface area contributed by atoms with Crippen LogP contribution in [0, 0.1) is 42.4 Å². The van der Waals surface area contributed by atoms with E-state index in [4.69, 9.17) is 19.3 Å². The number of barbiturate groups is 1. The van der Waals surface area contributed by atoms with Crippen LogP contribution < -0.4 is 0 Å². The van der Waals surface area contributed by atoms with Crippen LogP contribution in [0.4, 0.5) is 4.79 Å². The minimum atomic E-state index is -1.70. The topological polar surface area (TPSA) is 57.7 Å². The lowest BCUT2D eigenvalue weighted by atomic mass is 9.65. The van der Waals surface area contributed by atoms with Gasteiger partial charge in [0.25, 0.3) is 0 Å². The molecule has 1 atom stereocenters. The van der Waals surface area contributed by atoms with Crippen molar-refractivity contribution in [3.05, 3.63) is 48.6 Å². The summed E-state index contributed by atoms with van der Waals surface area (Å²) in [5.41, 5.74) is -0.971. The minimum absolute atomic E-state index is 0.201. The monoisotopic (exact) mass is 372 g/mol. The summed E-state index contributed by atoms with van der Waals surface area (Å²) in [6.07, 6.45) is 18.0. The highest BCUT2D eigenvalue weighted by Crippen LogP contribution is 2.47. The van der Waals surface area contributed by atoms with Gasteiger partial charge in [0.05, 0.1) is 13.1 Å². The second-order valence-electron chi connectivity index (χ2n) is 6.31. The Morgan fingerprint density at radius 3 is 1.93 bits per heavy atom. The molecular formula is C23H20N2O3. The number of hydrogen-bond donors (Lipinski definition) is 0. The number of benzene rings is 1. The number of urea groups is 1. The van der Waals surface area contributed by atoms with Gasteiger partial charge in [-0.15, -0.1) is 31.8 Å². The Hall–Kier alpha value is -3.75. The molecule has 0 aliphatic carbocycles. The molecule has 1 aromatic carbocycles. The van der Waals surface area contributed by atoms with Crippen molar-refractivity contribution in [3.63, 3.8) is 0 Å². The molecule has 1 aliphatic heterocycles. The molecule has 1 heterocycles. The van der Waals surface area contributed by atoms with Gasteiger partial charge in [0.1, 0.15) is 5.41 Å². The molecule has 1 aliphatic rings. The quantitative estimate of drug-likeness (QED) is 0.420. The van der Waals surface area contributed by atoms with Gasteiger partial charge in [0.2, 0.25) is 11.8 Å². The Bertz CT molecular complexity index is 874. The third-order valence-corrected chi connectivity index (χ3v) is 4.79. The average Bonchev–Trinajstić information content (AvgIpc) is 2.71. The van der Waals surface area contributed by atoms with Crippen LogP contribution in [-0.4, -0.2) is 40.7 Å². The van der Waals surface area contributed by atoms with Crippen molar-refractivity contribution in [2.45, 2.75) is 18.8 Å². The molecule has 1 fully saturated rings. The zero-order chi connectivity index (χ0) is 20.7. The van der Waals surface area contributed by atoms with Crippen LogP contribution in [-0.2, 0) is 9.59 Å². The Kier molecular flexibility index (Phi) is 6.43. The van der Waals surface area contributed by atoms with Crippen molar-refractivity contribution in [2.24, 2.45) is 5.41 Å². The van der Waals surface area contributed by atoms with Gasteiger partial charge < -0.3 is 0 Å². The van der Waals surface area contributed by atoms with Gasteiger partial charge in [-0.3, -0.25) is 19.4 Å². The second-order valence-corrected chi connectivity index (χ2v) is 6.31. The zero-order valence-corrected chi connectivity index (χ0v) is 15.4. The molecule has 1 aromatic rings. The molecule has 0 aromatic heterocycles. The summed E-state index contributed by atoms with van der Waals surface area (Å²) in [4.78, 5) is 41.4. The van der Waals surface area contributed by atoms with Gasteiger partial charge >= 0.3 is 6.03 Å². The molecule has 0 radical (unpaired) electrons. The molecule has 140 valence electrons. The summed E-state index contributed by atoms with van der Waals surface area (Å²) in [7, 11) is 0. The highest BCUT2D eigenvalue weighted by Gasteiger charge is 2.60. The van der Waals surface area contributed by atoms with E-state index in [0.717, 1.165) is 15.4 Å². The van der Waals surface area contributed by atoms with E-state index in [0.29, 0.717) is 6.42 Å². The number of nitrogens with zero attached hydrogens (tertiary/aromatic N) is 2. The Balaban J connectivity index is 2.76. The Morgan fingerprint density at radius 1 is 0.964 bits per heavy atom. The maximum Gasteiger partial charge on any atom is 0.335 e. The van der Waals surface area contributed by atoms with E-state index in [1.807, 2.05) is 6.07 Å². The molecular weight excluding hydrogens is 352 g/mol. The average molecular weight is 372 g/mol. The molecule has 5 nitrogen and oxygen atoms in total. The first-order valence-electron chi connectivity index (χ1n) is 8.63. The predicted molar refractivity (Wildman–Crippen MR) is 106 cm³/mol. The number of imide groups is 2. The molecule has 4 amide bonds. The van der Waals surface area contributed by atoms with E-state index in [2.05, 4.69) is 24.3 Å². The molecule has 0 unspecified atom stereocenters. The number of amides is 4. The maximum atomic E-state index is 13.5. The first-order chi connectivity index (χ1) is 13.5. The molecule has 0 spiro atoms. The van der Waals surface area contributed by atoms with Crippen LogP contribution in [0.3, 0.4) is 0 Å². The van der Waals surface area contributed by atoms with Crippen LogP contribution >= 0.6 is 0 Å². The normalized spacial score (nSPS) is 16.7. The number of hydrogen-bond acceptors (Lipinski definition) is 3. The SMILES string of the molecule is C#CCN1C(=O)N(CC#C)C(=O)C(CC#C)([C@H](CC=C)c2ccccc2)C1=O. The van der Waals surface area contributed by atoms with E-state index in [1.165, 1.54) is 0 Å². The van der Waals surface area contributed by atoms with Crippen molar-refractivity contribution in [2.75, 3.05) is 13.1 Å². The summed E-state index contributed by atoms with van der Waals surface area (Å²) in [5.74, 6) is 4.98. The summed E-state index contributed by atoms with van der Waals surface area (Å²) in [6.45, 7) is 3.19. The molecule has 28 heavy (non-hydrogen) atoms. The van der Waals surface area contributed by atoms with Gasteiger partial charge in [0.15, 0.2) is 0 Å². The number of carbonyl (C=O) groups is 3. The molecule has 1 saturated heterocycles. The molecule has 2 rings (SSSR count). The van der Waals surface area contributed by atoms with E-state index in [1.54, 1.807) is 30.3 Å². The third-order valence-electron chi connectivity index (χ3n) is 4.79. The molecule has 0 saturated carbocycles. The molecule has 0 bridgehead atoms. The van der Waals surface area contributed by atoms with Gasteiger partial charge in [-0.2, -0.15) is 0 Å². The van der Waals surface area contributed by atoms with Crippen molar-refractivity contribution >= 4 is 17.8 Å². The molecule has 0 N–H and O–H groups in total. The first kappa shape index (κ1) is 20.6. The Morgan fingerprint density at radius 2 is 1.50 bits per heavy atom. The third kappa shape index (κ3) is 3.29. The maximum absolute atomic E-state index is 13.5. The highest BCUT2D eigenvalue weighted by molar-refractivity contribution is 6.20. The van der Waals surface area contributed by atoms with Gasteiger partial charge in [-0.25, -0.2) is 4.79 Å². The first-order valence-corrected chi connectivity index (χ1v) is 8.63. The van der Waals surface area contributed by atoms with Crippen LogP contribution in [0.5, 0.6) is 0 Å². The summed E-state index contributed by atoms with van der Waals surface area (Å²) >= 11 is 0. The van der Waals surface area contributed by atoms with E-state index in [9.17, 15) is 14.4 Å². The van der Waals surface area contributed by atoms with Gasteiger partial charge in [-0.1, -0.05) is 48.2 Å². The highest BCUT2D eigenvalue weighted by atomic mass is 16.2. The van der Waals surface area contributed by atoms with Gasteiger partial charge in [-0.05, 0) is 12.0 Å². The fraction of sp³-hybridized carbons (Fsp3) is 0.261. The number of terminal acetylenes is 3. The largest absolute Gasteiger partial charge is 0.335 e. The number of rotatable bonds is 7. The summed E-state index contributed by atoms with van der Waals surface area (Å²) in [5, 5.41) is 0. The van der Waals surface area contributed by atoms with Crippen LogP contribution in [0.1, 0.15) is 24.3 Å². The van der Waals surface area contributed by atoms with E-state index < -0.39 is 29.2 Å².